The van der Waals surface area contributed by atoms with E-state index in [0.29, 0.717) is 16.5 Å². The summed E-state index contributed by atoms with van der Waals surface area (Å²) in [6.07, 6.45) is 0. The van der Waals surface area contributed by atoms with Gasteiger partial charge in [-0.3, -0.25) is 14.7 Å². The summed E-state index contributed by atoms with van der Waals surface area (Å²) in [4.78, 5) is 28.3. The SMILES string of the molecule is COc1ccc(-c2nc(SCC(=O)NCC(=O)c3ccccc3)n[nH]2)cc1. The van der Waals surface area contributed by atoms with Gasteiger partial charge in [-0.25, -0.2) is 4.98 Å². The molecule has 8 heteroatoms. The first-order chi connectivity index (χ1) is 13.2. The molecule has 0 bridgehead atoms. The highest BCUT2D eigenvalue weighted by atomic mass is 32.2. The Morgan fingerprint density at radius 1 is 1.11 bits per heavy atom. The van der Waals surface area contributed by atoms with Crippen molar-refractivity contribution in [2.75, 3.05) is 19.4 Å². The summed E-state index contributed by atoms with van der Waals surface area (Å²) < 4.78 is 5.12. The molecule has 0 atom stereocenters. The Bertz CT molecular complexity index is 910. The van der Waals surface area contributed by atoms with Crippen LogP contribution < -0.4 is 10.1 Å². The van der Waals surface area contributed by atoms with Gasteiger partial charge in [0, 0.05) is 11.1 Å². The number of thioether (sulfide) groups is 1. The van der Waals surface area contributed by atoms with Crippen molar-refractivity contribution in [2.45, 2.75) is 5.16 Å². The van der Waals surface area contributed by atoms with Crippen LogP contribution in [0.2, 0.25) is 0 Å². The number of nitrogens with one attached hydrogen (secondary N) is 2. The highest BCUT2D eigenvalue weighted by molar-refractivity contribution is 7.99. The summed E-state index contributed by atoms with van der Waals surface area (Å²) in [7, 11) is 1.61. The van der Waals surface area contributed by atoms with Crippen LogP contribution in [0.15, 0.2) is 59.8 Å². The zero-order chi connectivity index (χ0) is 19.1. The predicted octanol–water partition coefficient (Wildman–Crippen LogP) is 2.57. The summed E-state index contributed by atoms with van der Waals surface area (Å²) >= 11 is 1.20. The number of carbonyl (C=O) groups is 2. The fourth-order valence-corrected chi connectivity index (χ4v) is 2.90. The van der Waals surface area contributed by atoms with Gasteiger partial charge in [-0.05, 0) is 24.3 Å². The predicted molar refractivity (Wildman–Crippen MR) is 103 cm³/mol. The van der Waals surface area contributed by atoms with Gasteiger partial charge in [0.2, 0.25) is 11.1 Å². The zero-order valence-electron chi connectivity index (χ0n) is 14.6. The molecule has 27 heavy (non-hydrogen) atoms. The fourth-order valence-electron chi connectivity index (χ4n) is 2.28. The number of Topliss-reactive ketones (excluding diaryl/α,β-unsaturated/α-hetero) is 1. The fraction of sp³-hybridized carbons (Fsp3) is 0.158. The maximum Gasteiger partial charge on any atom is 0.230 e. The van der Waals surface area contributed by atoms with E-state index >= 15 is 0 Å². The van der Waals surface area contributed by atoms with Crippen molar-refractivity contribution in [3.8, 4) is 17.1 Å². The van der Waals surface area contributed by atoms with Crippen LogP contribution in [-0.4, -0.2) is 46.3 Å². The minimum atomic E-state index is -0.250. The first-order valence-electron chi connectivity index (χ1n) is 8.20. The van der Waals surface area contributed by atoms with E-state index in [9.17, 15) is 9.59 Å². The standard InChI is InChI=1S/C19H18N4O3S/c1-26-15-9-7-14(8-10-15)18-21-19(23-22-18)27-12-17(25)20-11-16(24)13-5-3-2-4-6-13/h2-10H,11-12H2,1H3,(H,20,25)(H,21,22,23). The van der Waals surface area contributed by atoms with Gasteiger partial charge in [-0.2, -0.15) is 0 Å². The second kappa shape index (κ2) is 9.00. The van der Waals surface area contributed by atoms with E-state index in [-0.39, 0.29) is 24.0 Å². The molecular weight excluding hydrogens is 364 g/mol. The molecule has 0 fully saturated rings. The Hall–Kier alpha value is -3.13. The van der Waals surface area contributed by atoms with Gasteiger partial charge in [0.25, 0.3) is 0 Å². The highest BCUT2D eigenvalue weighted by Gasteiger charge is 2.11. The van der Waals surface area contributed by atoms with Crippen LogP contribution >= 0.6 is 11.8 Å². The molecule has 0 aliphatic rings. The number of rotatable bonds is 8. The smallest absolute Gasteiger partial charge is 0.230 e. The van der Waals surface area contributed by atoms with Crippen molar-refractivity contribution < 1.29 is 14.3 Å². The molecule has 0 unspecified atom stereocenters. The number of nitrogens with zero attached hydrogens (tertiary/aromatic N) is 2. The van der Waals surface area contributed by atoms with Gasteiger partial charge >= 0.3 is 0 Å². The molecule has 0 saturated carbocycles. The van der Waals surface area contributed by atoms with Crippen LogP contribution in [0.1, 0.15) is 10.4 Å². The van der Waals surface area contributed by atoms with Crippen molar-refractivity contribution in [1.29, 1.82) is 0 Å². The third-order valence-electron chi connectivity index (χ3n) is 3.70. The number of hydrogen-bond donors (Lipinski definition) is 2. The first kappa shape index (κ1) is 18.7. The second-order valence-corrected chi connectivity index (χ2v) is 6.49. The van der Waals surface area contributed by atoms with Crippen molar-refractivity contribution in [1.82, 2.24) is 20.5 Å². The lowest BCUT2D eigenvalue weighted by Gasteiger charge is -2.03. The van der Waals surface area contributed by atoms with Gasteiger partial charge in [-0.1, -0.05) is 42.1 Å². The summed E-state index contributed by atoms with van der Waals surface area (Å²) in [5, 5.41) is 10.0. The number of ether oxygens (including phenoxy) is 1. The maximum absolute atomic E-state index is 12.0. The Labute approximate surface area is 160 Å². The number of aromatic nitrogens is 3. The summed E-state index contributed by atoms with van der Waals surface area (Å²) in [5.41, 5.74) is 1.44. The van der Waals surface area contributed by atoms with E-state index in [1.165, 1.54) is 11.8 Å². The van der Waals surface area contributed by atoms with Crippen LogP contribution in [0.4, 0.5) is 0 Å². The number of ketones is 1. The van der Waals surface area contributed by atoms with E-state index in [0.717, 1.165) is 11.3 Å². The van der Waals surface area contributed by atoms with E-state index in [4.69, 9.17) is 4.74 Å². The molecular formula is C19H18N4O3S. The van der Waals surface area contributed by atoms with E-state index in [1.807, 2.05) is 30.3 Å². The molecule has 2 N–H and O–H groups in total. The number of amides is 1. The van der Waals surface area contributed by atoms with Crippen LogP contribution in [0.5, 0.6) is 5.75 Å². The topological polar surface area (TPSA) is 97.0 Å². The van der Waals surface area contributed by atoms with E-state index in [2.05, 4.69) is 20.5 Å². The average molecular weight is 382 g/mol. The first-order valence-corrected chi connectivity index (χ1v) is 9.19. The summed E-state index contributed by atoms with van der Waals surface area (Å²) in [6, 6.07) is 16.3. The molecule has 1 heterocycles. The third-order valence-corrected chi connectivity index (χ3v) is 4.55. The monoisotopic (exact) mass is 382 g/mol. The van der Waals surface area contributed by atoms with E-state index in [1.54, 1.807) is 31.4 Å². The van der Waals surface area contributed by atoms with Gasteiger partial charge < -0.3 is 10.1 Å². The Kier molecular flexibility index (Phi) is 6.22. The quantitative estimate of drug-likeness (QED) is 0.459. The van der Waals surface area contributed by atoms with Crippen LogP contribution in [-0.2, 0) is 4.79 Å². The molecule has 1 amide bonds. The molecule has 0 aliphatic carbocycles. The lowest BCUT2D eigenvalue weighted by Crippen LogP contribution is -2.30. The Morgan fingerprint density at radius 2 is 1.85 bits per heavy atom. The molecule has 138 valence electrons. The lowest BCUT2D eigenvalue weighted by molar-refractivity contribution is -0.118. The molecule has 1 aromatic heterocycles. The second-order valence-electron chi connectivity index (χ2n) is 5.55. The molecule has 3 aromatic rings. The van der Waals surface area contributed by atoms with Crippen LogP contribution in [0, 0.1) is 0 Å². The number of methoxy groups -OCH3 is 1. The molecule has 0 spiro atoms. The van der Waals surface area contributed by atoms with E-state index < -0.39 is 0 Å². The van der Waals surface area contributed by atoms with Crippen molar-refractivity contribution in [3.05, 3.63) is 60.2 Å². The molecule has 0 aliphatic heterocycles. The molecule has 3 rings (SSSR count). The molecule has 0 radical (unpaired) electrons. The van der Waals surface area contributed by atoms with Crippen molar-refractivity contribution in [2.24, 2.45) is 0 Å². The largest absolute Gasteiger partial charge is 0.497 e. The lowest BCUT2D eigenvalue weighted by atomic mass is 10.1. The highest BCUT2D eigenvalue weighted by Crippen LogP contribution is 2.21. The summed E-state index contributed by atoms with van der Waals surface area (Å²) in [5.74, 6) is 1.12. The normalized spacial score (nSPS) is 10.4. The van der Waals surface area contributed by atoms with Crippen LogP contribution in [0.3, 0.4) is 0 Å². The number of H-pyrrole nitrogens is 1. The maximum atomic E-state index is 12.0. The number of benzene rings is 2. The van der Waals surface area contributed by atoms with Gasteiger partial charge in [-0.15, -0.1) is 5.10 Å². The minimum Gasteiger partial charge on any atom is -0.497 e. The van der Waals surface area contributed by atoms with Crippen LogP contribution in [0.25, 0.3) is 11.4 Å². The van der Waals surface area contributed by atoms with Gasteiger partial charge in [0.15, 0.2) is 11.6 Å². The van der Waals surface area contributed by atoms with Gasteiger partial charge in [0.1, 0.15) is 5.75 Å². The average Bonchev–Trinajstić information content (AvgIpc) is 3.20. The zero-order valence-corrected chi connectivity index (χ0v) is 15.5. The summed E-state index contributed by atoms with van der Waals surface area (Å²) in [6.45, 7) is -0.0332. The number of carbonyl (C=O) groups excluding carboxylic acids is 2. The van der Waals surface area contributed by atoms with Crippen molar-refractivity contribution >= 4 is 23.5 Å². The number of hydrogen-bond acceptors (Lipinski definition) is 6. The minimum absolute atomic E-state index is 0.0332. The molecule has 2 aromatic carbocycles. The number of aromatic amines is 1. The van der Waals surface area contributed by atoms with Crippen molar-refractivity contribution in [3.63, 3.8) is 0 Å². The third kappa shape index (κ3) is 5.18. The Morgan fingerprint density at radius 3 is 2.56 bits per heavy atom. The Balaban J connectivity index is 1.48. The molecule has 7 nitrogen and oxygen atoms in total. The van der Waals surface area contributed by atoms with Gasteiger partial charge in [0.05, 0.1) is 19.4 Å². The molecule has 0 saturated heterocycles.